The minimum atomic E-state index is -3.53. The van der Waals surface area contributed by atoms with Crippen LogP contribution in [0.3, 0.4) is 0 Å². The second kappa shape index (κ2) is 6.99. The van der Waals surface area contributed by atoms with Crippen LogP contribution in [0.1, 0.15) is 25.3 Å². The molecular formula is C19H21N3O3S. The lowest BCUT2D eigenvalue weighted by atomic mass is 9.99. The van der Waals surface area contributed by atoms with Gasteiger partial charge in [-0.2, -0.15) is 0 Å². The van der Waals surface area contributed by atoms with Gasteiger partial charge in [0.25, 0.3) is 5.56 Å². The number of hydrogen-bond donors (Lipinski definition) is 0. The summed E-state index contributed by atoms with van der Waals surface area (Å²) in [7, 11) is -1.85. The summed E-state index contributed by atoms with van der Waals surface area (Å²) in [6.45, 7) is 2.09. The molecule has 0 radical (unpaired) electrons. The maximum atomic E-state index is 12.4. The number of rotatable bonds is 5. The second-order valence-electron chi connectivity index (χ2n) is 6.41. The van der Waals surface area contributed by atoms with E-state index in [2.05, 4.69) is 16.9 Å². The van der Waals surface area contributed by atoms with Crippen molar-refractivity contribution < 1.29 is 8.42 Å². The Balaban J connectivity index is 2.36. The molecular weight excluding hydrogens is 350 g/mol. The lowest BCUT2D eigenvalue weighted by Gasteiger charge is -2.13. The molecule has 0 aliphatic heterocycles. The first kappa shape index (κ1) is 18.3. The van der Waals surface area contributed by atoms with Gasteiger partial charge in [0.1, 0.15) is 0 Å². The predicted octanol–water partition coefficient (Wildman–Crippen LogP) is 2.74. The average Bonchev–Trinajstić information content (AvgIpc) is 2.62. The zero-order valence-electron chi connectivity index (χ0n) is 15.1. The molecule has 7 heteroatoms. The number of aryl methyl sites for hydroxylation is 2. The third kappa shape index (κ3) is 3.39. The number of unbranched alkanes of at least 4 members (excludes halogenated alkanes) is 1. The third-order valence-electron chi connectivity index (χ3n) is 4.32. The summed E-state index contributed by atoms with van der Waals surface area (Å²) >= 11 is 0. The molecule has 0 N–H and O–H groups in total. The van der Waals surface area contributed by atoms with Crippen molar-refractivity contribution in [2.45, 2.75) is 31.3 Å². The van der Waals surface area contributed by atoms with E-state index in [4.69, 9.17) is 0 Å². The fourth-order valence-corrected chi connectivity index (χ4v) is 3.46. The Morgan fingerprint density at radius 1 is 1.15 bits per heavy atom. The van der Waals surface area contributed by atoms with E-state index in [9.17, 15) is 13.2 Å². The van der Waals surface area contributed by atoms with Gasteiger partial charge in [0.05, 0.1) is 5.69 Å². The van der Waals surface area contributed by atoms with Crippen LogP contribution in [-0.2, 0) is 23.3 Å². The normalized spacial score (nSPS) is 11.8. The van der Waals surface area contributed by atoms with Crippen LogP contribution < -0.4 is 5.56 Å². The molecule has 3 rings (SSSR count). The molecule has 136 valence electrons. The monoisotopic (exact) mass is 371 g/mol. The third-order valence-corrected chi connectivity index (χ3v) is 5.18. The van der Waals surface area contributed by atoms with Crippen LogP contribution in [-0.4, -0.2) is 29.2 Å². The number of pyridine rings is 1. The van der Waals surface area contributed by atoms with Crippen molar-refractivity contribution in [3.63, 3.8) is 0 Å². The molecule has 0 unspecified atom stereocenters. The minimum absolute atomic E-state index is 0.100. The standard InChI is InChI=1S/C19H21N3O3S/c1-4-5-8-13-11-20-19(26(3,24)25)21-17(13)16-12-22(2)18(23)15-10-7-6-9-14(15)16/h6-7,9-12H,4-5,8H2,1-3H3. The second-order valence-corrected chi connectivity index (χ2v) is 8.32. The lowest BCUT2D eigenvalue weighted by Crippen LogP contribution is -2.17. The zero-order valence-corrected chi connectivity index (χ0v) is 15.9. The maximum absolute atomic E-state index is 12.4. The number of nitrogens with zero attached hydrogens (tertiary/aromatic N) is 3. The zero-order chi connectivity index (χ0) is 18.9. The largest absolute Gasteiger partial charge is 0.317 e. The molecule has 0 amide bonds. The van der Waals surface area contributed by atoms with Gasteiger partial charge in [-0.15, -0.1) is 0 Å². The molecule has 2 aromatic heterocycles. The molecule has 0 bridgehead atoms. The Hall–Kier alpha value is -2.54. The number of aromatic nitrogens is 3. The van der Waals surface area contributed by atoms with Gasteiger partial charge >= 0.3 is 0 Å². The Labute approximate surface area is 152 Å². The molecule has 0 aliphatic rings. The first-order valence-electron chi connectivity index (χ1n) is 8.47. The van der Waals surface area contributed by atoms with Crippen LogP contribution in [0, 0.1) is 0 Å². The van der Waals surface area contributed by atoms with Gasteiger partial charge in [-0.25, -0.2) is 18.4 Å². The van der Waals surface area contributed by atoms with Gasteiger partial charge in [0, 0.05) is 36.6 Å². The van der Waals surface area contributed by atoms with Crippen LogP contribution in [0.15, 0.2) is 46.6 Å². The van der Waals surface area contributed by atoms with Gasteiger partial charge in [0.2, 0.25) is 15.0 Å². The van der Waals surface area contributed by atoms with E-state index in [1.165, 1.54) is 4.57 Å². The molecule has 0 saturated heterocycles. The van der Waals surface area contributed by atoms with E-state index in [-0.39, 0.29) is 10.7 Å². The summed E-state index contributed by atoms with van der Waals surface area (Å²) < 4.78 is 25.4. The summed E-state index contributed by atoms with van der Waals surface area (Å²) in [6, 6.07) is 7.30. The minimum Gasteiger partial charge on any atom is -0.317 e. The van der Waals surface area contributed by atoms with Crippen molar-refractivity contribution in [2.75, 3.05) is 6.26 Å². The molecule has 0 spiro atoms. The Morgan fingerprint density at radius 2 is 1.85 bits per heavy atom. The molecule has 2 heterocycles. The highest BCUT2D eigenvalue weighted by Crippen LogP contribution is 2.29. The number of hydrogen-bond acceptors (Lipinski definition) is 5. The van der Waals surface area contributed by atoms with Gasteiger partial charge in [-0.1, -0.05) is 31.5 Å². The number of fused-ring (bicyclic) bond motifs is 1. The van der Waals surface area contributed by atoms with E-state index in [1.807, 2.05) is 18.2 Å². The summed E-state index contributed by atoms with van der Waals surface area (Å²) in [5.74, 6) is 0. The molecule has 0 fully saturated rings. The maximum Gasteiger partial charge on any atom is 0.258 e. The Kier molecular flexibility index (Phi) is 4.91. The molecule has 0 aliphatic carbocycles. The summed E-state index contributed by atoms with van der Waals surface area (Å²) in [4.78, 5) is 20.8. The quantitative estimate of drug-likeness (QED) is 0.644. The highest BCUT2D eigenvalue weighted by molar-refractivity contribution is 7.90. The predicted molar refractivity (Wildman–Crippen MR) is 102 cm³/mol. The summed E-state index contributed by atoms with van der Waals surface area (Å²) in [5, 5.41) is 1.13. The fourth-order valence-electron chi connectivity index (χ4n) is 2.96. The molecule has 3 aromatic rings. The van der Waals surface area contributed by atoms with Crippen molar-refractivity contribution in [2.24, 2.45) is 7.05 Å². The first-order valence-corrected chi connectivity index (χ1v) is 10.4. The molecule has 0 atom stereocenters. The first-order chi connectivity index (χ1) is 12.3. The average molecular weight is 371 g/mol. The number of benzene rings is 1. The van der Waals surface area contributed by atoms with Crippen molar-refractivity contribution in [3.05, 3.63) is 52.6 Å². The van der Waals surface area contributed by atoms with E-state index in [0.717, 1.165) is 42.0 Å². The molecule has 0 saturated carbocycles. The van der Waals surface area contributed by atoms with Crippen molar-refractivity contribution in [1.29, 1.82) is 0 Å². The molecule has 6 nitrogen and oxygen atoms in total. The SMILES string of the molecule is CCCCc1cnc(S(C)(=O)=O)nc1-c1cn(C)c(=O)c2ccccc12. The highest BCUT2D eigenvalue weighted by Gasteiger charge is 2.18. The Bertz CT molecular complexity index is 1130. The van der Waals surface area contributed by atoms with Crippen molar-refractivity contribution in [1.82, 2.24) is 14.5 Å². The van der Waals surface area contributed by atoms with Crippen LogP contribution in [0.5, 0.6) is 0 Å². The van der Waals surface area contributed by atoms with E-state index < -0.39 is 9.84 Å². The van der Waals surface area contributed by atoms with Crippen molar-refractivity contribution in [3.8, 4) is 11.3 Å². The van der Waals surface area contributed by atoms with Crippen LogP contribution in [0.25, 0.3) is 22.0 Å². The Morgan fingerprint density at radius 3 is 2.50 bits per heavy atom. The van der Waals surface area contributed by atoms with Gasteiger partial charge < -0.3 is 4.57 Å². The van der Waals surface area contributed by atoms with E-state index in [0.29, 0.717) is 11.1 Å². The molecule has 26 heavy (non-hydrogen) atoms. The smallest absolute Gasteiger partial charge is 0.258 e. The number of sulfone groups is 1. The van der Waals surface area contributed by atoms with Crippen LogP contribution in [0.2, 0.25) is 0 Å². The lowest BCUT2D eigenvalue weighted by molar-refractivity contribution is 0.592. The fraction of sp³-hybridized carbons (Fsp3) is 0.316. The van der Waals surface area contributed by atoms with Gasteiger partial charge in [-0.3, -0.25) is 4.79 Å². The summed E-state index contributed by atoms with van der Waals surface area (Å²) in [6.07, 6.45) is 7.09. The summed E-state index contributed by atoms with van der Waals surface area (Å²) in [5.41, 5.74) is 2.08. The van der Waals surface area contributed by atoms with Crippen LogP contribution >= 0.6 is 0 Å². The van der Waals surface area contributed by atoms with Crippen LogP contribution in [0.4, 0.5) is 0 Å². The van der Waals surface area contributed by atoms with Gasteiger partial charge in [-0.05, 0) is 29.9 Å². The van der Waals surface area contributed by atoms with E-state index >= 15 is 0 Å². The van der Waals surface area contributed by atoms with Gasteiger partial charge in [0.15, 0.2) is 0 Å². The topological polar surface area (TPSA) is 81.9 Å². The van der Waals surface area contributed by atoms with E-state index in [1.54, 1.807) is 25.5 Å². The molecule has 1 aromatic carbocycles. The highest BCUT2D eigenvalue weighted by atomic mass is 32.2. The van der Waals surface area contributed by atoms with Crippen molar-refractivity contribution >= 4 is 20.6 Å².